The van der Waals surface area contributed by atoms with Gasteiger partial charge in [0.05, 0.1) is 12.1 Å². The second kappa shape index (κ2) is 4.77. The van der Waals surface area contributed by atoms with Crippen molar-refractivity contribution >= 4 is 6.09 Å². The zero-order valence-electron chi connectivity index (χ0n) is 10.6. The van der Waals surface area contributed by atoms with E-state index in [-0.39, 0.29) is 13.2 Å². The fourth-order valence-corrected chi connectivity index (χ4v) is 1.93. The molecule has 1 aromatic rings. The standard InChI is InChI=1S/C13H16F2N2O2/c1-12(16)8-17(9-13(12,14)15)11(18)19-7-10-5-3-2-4-6-10/h2-6H,7-9,16H2,1H3. The molecule has 1 amide bonds. The molecule has 1 fully saturated rings. The summed E-state index contributed by atoms with van der Waals surface area (Å²) in [4.78, 5) is 12.7. The molecular formula is C13H16F2N2O2. The molecule has 104 valence electrons. The van der Waals surface area contributed by atoms with Gasteiger partial charge in [-0.3, -0.25) is 0 Å². The largest absolute Gasteiger partial charge is 0.445 e. The molecule has 0 radical (unpaired) electrons. The molecule has 0 bridgehead atoms. The molecule has 1 unspecified atom stereocenters. The summed E-state index contributed by atoms with van der Waals surface area (Å²) in [6.07, 6.45) is -0.766. The molecular weight excluding hydrogens is 254 g/mol. The van der Waals surface area contributed by atoms with Crippen LogP contribution in [0.4, 0.5) is 13.6 Å². The molecule has 2 N–H and O–H groups in total. The average Bonchev–Trinajstić information content (AvgIpc) is 2.57. The van der Waals surface area contributed by atoms with E-state index < -0.39 is 24.1 Å². The smallest absolute Gasteiger partial charge is 0.410 e. The lowest BCUT2D eigenvalue weighted by Crippen LogP contribution is -2.52. The molecule has 0 aromatic heterocycles. The van der Waals surface area contributed by atoms with Crippen LogP contribution in [0.1, 0.15) is 12.5 Å². The van der Waals surface area contributed by atoms with Crippen molar-refractivity contribution in [1.29, 1.82) is 0 Å². The molecule has 1 aliphatic heterocycles. The fourth-order valence-electron chi connectivity index (χ4n) is 1.93. The topological polar surface area (TPSA) is 55.6 Å². The third-order valence-corrected chi connectivity index (χ3v) is 3.21. The van der Waals surface area contributed by atoms with Crippen LogP contribution in [0.5, 0.6) is 0 Å². The Hall–Kier alpha value is -1.69. The summed E-state index contributed by atoms with van der Waals surface area (Å²) in [6, 6.07) is 9.04. The maximum atomic E-state index is 13.5. The van der Waals surface area contributed by atoms with Crippen LogP contribution in [0.3, 0.4) is 0 Å². The number of hydrogen-bond donors (Lipinski definition) is 1. The zero-order valence-corrected chi connectivity index (χ0v) is 10.6. The molecule has 1 aliphatic rings. The predicted octanol–water partition coefficient (Wildman–Crippen LogP) is 1.99. The average molecular weight is 270 g/mol. The Morgan fingerprint density at radius 1 is 1.37 bits per heavy atom. The van der Waals surface area contributed by atoms with Gasteiger partial charge >= 0.3 is 6.09 Å². The van der Waals surface area contributed by atoms with Gasteiger partial charge in [0, 0.05) is 6.54 Å². The summed E-state index contributed by atoms with van der Waals surface area (Å²) < 4.78 is 32.0. The maximum absolute atomic E-state index is 13.5. The number of nitrogens with two attached hydrogens (primary N) is 1. The maximum Gasteiger partial charge on any atom is 0.410 e. The van der Waals surface area contributed by atoms with E-state index in [0.717, 1.165) is 10.5 Å². The molecule has 19 heavy (non-hydrogen) atoms. The van der Waals surface area contributed by atoms with Crippen molar-refractivity contribution < 1.29 is 18.3 Å². The summed E-state index contributed by atoms with van der Waals surface area (Å²) in [5.41, 5.74) is 4.59. The first-order chi connectivity index (χ1) is 8.82. The van der Waals surface area contributed by atoms with Gasteiger partial charge in [-0.2, -0.15) is 0 Å². The van der Waals surface area contributed by atoms with Gasteiger partial charge in [0.1, 0.15) is 6.61 Å². The monoisotopic (exact) mass is 270 g/mol. The van der Waals surface area contributed by atoms with E-state index in [1.807, 2.05) is 18.2 Å². The van der Waals surface area contributed by atoms with Gasteiger partial charge in [-0.05, 0) is 12.5 Å². The summed E-state index contributed by atoms with van der Waals surface area (Å²) in [5, 5.41) is 0. The predicted molar refractivity (Wildman–Crippen MR) is 65.7 cm³/mol. The Kier molecular flexibility index (Phi) is 3.45. The molecule has 1 saturated heterocycles. The number of rotatable bonds is 2. The van der Waals surface area contributed by atoms with Crippen molar-refractivity contribution in [3.05, 3.63) is 35.9 Å². The number of alkyl halides is 2. The number of ether oxygens (including phenoxy) is 1. The molecule has 6 heteroatoms. The van der Waals surface area contributed by atoms with E-state index in [1.165, 1.54) is 6.92 Å². The Morgan fingerprint density at radius 2 is 2.00 bits per heavy atom. The minimum atomic E-state index is -3.10. The van der Waals surface area contributed by atoms with E-state index >= 15 is 0 Å². The van der Waals surface area contributed by atoms with Crippen LogP contribution in [0.25, 0.3) is 0 Å². The third kappa shape index (κ3) is 2.84. The van der Waals surface area contributed by atoms with Crippen LogP contribution in [-0.4, -0.2) is 35.5 Å². The summed E-state index contributed by atoms with van der Waals surface area (Å²) >= 11 is 0. The minimum Gasteiger partial charge on any atom is -0.445 e. The highest BCUT2D eigenvalue weighted by molar-refractivity contribution is 5.68. The van der Waals surface area contributed by atoms with Crippen LogP contribution in [0.15, 0.2) is 30.3 Å². The van der Waals surface area contributed by atoms with E-state index in [9.17, 15) is 13.6 Å². The zero-order chi connectivity index (χ0) is 14.1. The molecule has 1 heterocycles. The summed E-state index contributed by atoms with van der Waals surface area (Å²) in [6.45, 7) is 0.377. The SMILES string of the molecule is CC1(N)CN(C(=O)OCc2ccccc2)CC1(F)F. The minimum absolute atomic E-state index is 0.0586. The van der Waals surface area contributed by atoms with Gasteiger partial charge in [-0.1, -0.05) is 30.3 Å². The molecule has 2 rings (SSSR count). The first-order valence-electron chi connectivity index (χ1n) is 5.94. The van der Waals surface area contributed by atoms with Gasteiger partial charge in [-0.15, -0.1) is 0 Å². The highest BCUT2D eigenvalue weighted by Crippen LogP contribution is 2.34. The molecule has 1 atom stereocenters. The van der Waals surface area contributed by atoms with Gasteiger partial charge < -0.3 is 15.4 Å². The number of hydrogen-bond acceptors (Lipinski definition) is 3. The molecule has 4 nitrogen and oxygen atoms in total. The Balaban J connectivity index is 1.92. The van der Waals surface area contributed by atoms with Crippen molar-refractivity contribution in [2.75, 3.05) is 13.1 Å². The number of nitrogens with zero attached hydrogens (tertiary/aromatic N) is 1. The highest BCUT2D eigenvalue weighted by atomic mass is 19.3. The number of likely N-dealkylation sites (tertiary alicyclic amines) is 1. The van der Waals surface area contributed by atoms with Crippen molar-refractivity contribution in [3.8, 4) is 0 Å². The quantitative estimate of drug-likeness (QED) is 0.894. The van der Waals surface area contributed by atoms with Crippen LogP contribution in [0.2, 0.25) is 0 Å². The second-order valence-electron chi connectivity index (χ2n) is 5.02. The Bertz CT molecular complexity index is 447. The number of halogens is 2. The third-order valence-electron chi connectivity index (χ3n) is 3.21. The first kappa shape index (κ1) is 13.7. The van der Waals surface area contributed by atoms with Crippen molar-refractivity contribution in [2.45, 2.75) is 25.0 Å². The van der Waals surface area contributed by atoms with Crippen LogP contribution < -0.4 is 5.73 Å². The lowest BCUT2D eigenvalue weighted by molar-refractivity contribution is -0.0346. The normalized spacial score (nSPS) is 25.4. The second-order valence-corrected chi connectivity index (χ2v) is 5.02. The number of carbonyl (C=O) groups is 1. The number of carbonyl (C=O) groups excluding carboxylic acids is 1. The fraction of sp³-hybridized carbons (Fsp3) is 0.462. The summed E-state index contributed by atoms with van der Waals surface area (Å²) in [5.74, 6) is -3.10. The molecule has 0 spiro atoms. The van der Waals surface area contributed by atoms with Crippen molar-refractivity contribution in [1.82, 2.24) is 4.90 Å². The van der Waals surface area contributed by atoms with E-state index in [2.05, 4.69) is 0 Å². The molecule has 1 aromatic carbocycles. The Morgan fingerprint density at radius 3 is 2.53 bits per heavy atom. The van der Waals surface area contributed by atoms with Gasteiger partial charge in [0.25, 0.3) is 5.92 Å². The first-order valence-corrected chi connectivity index (χ1v) is 5.94. The Labute approximate surface area is 110 Å². The van der Waals surface area contributed by atoms with Crippen molar-refractivity contribution in [2.24, 2.45) is 5.73 Å². The summed E-state index contributed by atoms with van der Waals surface area (Å²) in [7, 11) is 0. The lowest BCUT2D eigenvalue weighted by Gasteiger charge is -2.23. The van der Waals surface area contributed by atoms with Crippen molar-refractivity contribution in [3.63, 3.8) is 0 Å². The van der Waals surface area contributed by atoms with Gasteiger partial charge in [-0.25, -0.2) is 13.6 Å². The van der Waals surface area contributed by atoms with Crippen LogP contribution in [0, 0.1) is 0 Å². The number of amides is 1. The van der Waals surface area contributed by atoms with E-state index in [4.69, 9.17) is 10.5 Å². The highest BCUT2D eigenvalue weighted by Gasteiger charge is 2.56. The number of benzene rings is 1. The van der Waals surface area contributed by atoms with Gasteiger partial charge in [0.15, 0.2) is 0 Å². The van der Waals surface area contributed by atoms with Crippen LogP contribution >= 0.6 is 0 Å². The van der Waals surface area contributed by atoms with Crippen LogP contribution in [-0.2, 0) is 11.3 Å². The lowest BCUT2D eigenvalue weighted by atomic mass is 10.00. The van der Waals surface area contributed by atoms with Gasteiger partial charge in [0.2, 0.25) is 0 Å². The molecule has 0 aliphatic carbocycles. The molecule has 0 saturated carbocycles. The van der Waals surface area contributed by atoms with E-state index in [1.54, 1.807) is 12.1 Å². The van der Waals surface area contributed by atoms with E-state index in [0.29, 0.717) is 0 Å².